The predicted molar refractivity (Wildman–Crippen MR) is 63.6 cm³/mol. The Morgan fingerprint density at radius 3 is 2.00 bits per heavy atom. The van der Waals surface area contributed by atoms with Gasteiger partial charge in [0.05, 0.1) is 7.11 Å². The lowest BCUT2D eigenvalue weighted by atomic mass is 9.87. The fraction of sp³-hybridized carbons (Fsp3) is 0.250. The van der Waals surface area contributed by atoms with Gasteiger partial charge in [0.15, 0.2) is 6.10 Å². The number of benzene rings is 1. The molecule has 8 heteroatoms. The van der Waals surface area contributed by atoms with Crippen LogP contribution in [0.25, 0.3) is 0 Å². The first-order valence-electron chi connectivity index (χ1n) is 5.30. The van der Waals surface area contributed by atoms with E-state index in [1.165, 1.54) is 19.2 Å². The molecule has 0 fully saturated rings. The van der Waals surface area contributed by atoms with Crippen molar-refractivity contribution in [3.63, 3.8) is 0 Å². The number of carbonyl (C=O) groups excluding carboxylic acids is 1. The summed E-state index contributed by atoms with van der Waals surface area (Å²) in [7, 11) is 1.37. The van der Waals surface area contributed by atoms with Crippen LogP contribution in [0.1, 0.15) is 10.4 Å². The van der Waals surface area contributed by atoms with Crippen LogP contribution in [0.2, 0.25) is 0 Å². The molecule has 0 spiro atoms. The third kappa shape index (κ3) is 2.60. The van der Waals surface area contributed by atoms with Crippen molar-refractivity contribution in [1.82, 2.24) is 0 Å². The molecule has 108 valence electrons. The summed E-state index contributed by atoms with van der Waals surface area (Å²) in [6.45, 7) is 0. The van der Waals surface area contributed by atoms with Crippen molar-refractivity contribution in [3.05, 3.63) is 29.8 Å². The number of carboxylic acid groups (broad SMARTS) is 2. The second kappa shape index (κ2) is 5.68. The SMILES string of the molecule is COc1ccc(C(=O)[C@](O)(C(=O)O)[C@H](O)C(=O)O)cc1. The molecule has 0 amide bonds. The van der Waals surface area contributed by atoms with E-state index in [-0.39, 0.29) is 5.56 Å². The Hall–Kier alpha value is -2.45. The monoisotopic (exact) mass is 284 g/mol. The molecular formula is C12H12O8. The molecular weight excluding hydrogens is 272 g/mol. The summed E-state index contributed by atoms with van der Waals surface area (Å²) in [5.74, 6) is -5.26. The van der Waals surface area contributed by atoms with Crippen LogP contribution in [0.4, 0.5) is 0 Å². The zero-order chi connectivity index (χ0) is 15.5. The van der Waals surface area contributed by atoms with Crippen LogP contribution in [-0.4, -0.2) is 57.0 Å². The van der Waals surface area contributed by atoms with E-state index < -0.39 is 29.4 Å². The zero-order valence-corrected chi connectivity index (χ0v) is 10.3. The molecule has 1 aromatic carbocycles. The molecule has 0 saturated carbocycles. The van der Waals surface area contributed by atoms with E-state index in [1.807, 2.05) is 0 Å². The first kappa shape index (κ1) is 15.6. The van der Waals surface area contributed by atoms with Crippen LogP contribution in [0.15, 0.2) is 24.3 Å². The lowest BCUT2D eigenvalue weighted by Crippen LogP contribution is -2.58. The summed E-state index contributed by atoms with van der Waals surface area (Å²) in [4.78, 5) is 33.6. The Balaban J connectivity index is 3.24. The van der Waals surface area contributed by atoms with Gasteiger partial charge in [-0.2, -0.15) is 0 Å². The lowest BCUT2D eigenvalue weighted by molar-refractivity contribution is -0.175. The first-order chi connectivity index (χ1) is 9.25. The van der Waals surface area contributed by atoms with Crippen LogP contribution < -0.4 is 4.74 Å². The van der Waals surface area contributed by atoms with Gasteiger partial charge in [-0.15, -0.1) is 0 Å². The summed E-state index contributed by atoms with van der Waals surface area (Å²) in [6, 6.07) is 4.93. The maximum Gasteiger partial charge on any atom is 0.347 e. The number of ether oxygens (including phenoxy) is 1. The van der Waals surface area contributed by atoms with Crippen LogP contribution in [0.5, 0.6) is 5.75 Å². The Labute approximate surface area is 112 Å². The Morgan fingerprint density at radius 2 is 1.65 bits per heavy atom. The van der Waals surface area contributed by atoms with Gasteiger partial charge in [-0.05, 0) is 24.3 Å². The van der Waals surface area contributed by atoms with Crippen LogP contribution in [0, 0.1) is 0 Å². The number of hydrogen-bond donors (Lipinski definition) is 4. The fourth-order valence-electron chi connectivity index (χ4n) is 1.48. The maximum absolute atomic E-state index is 12.0. The van der Waals surface area contributed by atoms with E-state index in [9.17, 15) is 24.6 Å². The molecule has 20 heavy (non-hydrogen) atoms. The number of rotatable bonds is 6. The van der Waals surface area contributed by atoms with Crippen molar-refractivity contribution in [2.45, 2.75) is 11.7 Å². The number of hydrogen-bond acceptors (Lipinski definition) is 6. The van der Waals surface area contributed by atoms with Crippen molar-refractivity contribution >= 4 is 17.7 Å². The smallest absolute Gasteiger partial charge is 0.347 e. The zero-order valence-electron chi connectivity index (χ0n) is 10.3. The van der Waals surface area contributed by atoms with E-state index in [1.54, 1.807) is 0 Å². The number of ketones is 1. The molecule has 4 N–H and O–H groups in total. The normalized spacial score (nSPS) is 14.9. The van der Waals surface area contributed by atoms with Gasteiger partial charge < -0.3 is 25.2 Å². The number of carboxylic acids is 2. The van der Waals surface area contributed by atoms with Gasteiger partial charge in [0.2, 0.25) is 5.78 Å². The molecule has 0 aliphatic carbocycles. The number of aliphatic carboxylic acids is 2. The minimum atomic E-state index is -3.47. The lowest BCUT2D eigenvalue weighted by Gasteiger charge is -2.24. The predicted octanol–water partition coefficient (Wildman–Crippen LogP) is -0.861. The third-order valence-corrected chi connectivity index (χ3v) is 2.65. The molecule has 1 aromatic rings. The molecule has 1 rings (SSSR count). The van der Waals surface area contributed by atoms with E-state index in [0.29, 0.717) is 5.75 Å². The van der Waals surface area contributed by atoms with E-state index in [4.69, 9.17) is 14.9 Å². The van der Waals surface area contributed by atoms with Crippen LogP contribution >= 0.6 is 0 Å². The summed E-state index contributed by atoms with van der Waals surface area (Å²) in [5, 5.41) is 36.5. The van der Waals surface area contributed by atoms with Crippen molar-refractivity contribution < 1.29 is 39.5 Å². The molecule has 0 aromatic heterocycles. The molecule has 0 unspecified atom stereocenters. The highest BCUT2D eigenvalue weighted by Crippen LogP contribution is 2.21. The average Bonchev–Trinajstić information content (AvgIpc) is 2.44. The highest BCUT2D eigenvalue weighted by Gasteiger charge is 2.54. The summed E-state index contributed by atoms with van der Waals surface area (Å²) in [6.07, 6.45) is -2.80. The summed E-state index contributed by atoms with van der Waals surface area (Å²) < 4.78 is 4.83. The second-order valence-corrected chi connectivity index (χ2v) is 3.87. The highest BCUT2D eigenvalue weighted by atomic mass is 16.5. The van der Waals surface area contributed by atoms with Gasteiger partial charge >= 0.3 is 11.9 Å². The third-order valence-electron chi connectivity index (χ3n) is 2.65. The summed E-state index contributed by atoms with van der Waals surface area (Å²) in [5.41, 5.74) is -3.75. The van der Waals surface area contributed by atoms with E-state index >= 15 is 0 Å². The van der Waals surface area contributed by atoms with Gasteiger partial charge in [-0.25, -0.2) is 9.59 Å². The van der Waals surface area contributed by atoms with Gasteiger partial charge in [-0.1, -0.05) is 0 Å². The maximum atomic E-state index is 12.0. The van der Waals surface area contributed by atoms with Gasteiger partial charge in [0, 0.05) is 5.56 Å². The number of Topliss-reactive ketones (excluding diaryl/α,β-unsaturated/α-hetero) is 1. The molecule has 0 heterocycles. The van der Waals surface area contributed by atoms with Crippen molar-refractivity contribution in [1.29, 1.82) is 0 Å². The molecule has 2 atom stereocenters. The first-order valence-corrected chi connectivity index (χ1v) is 5.30. The van der Waals surface area contributed by atoms with Crippen molar-refractivity contribution in [3.8, 4) is 5.75 Å². The topological polar surface area (TPSA) is 141 Å². The summed E-state index contributed by atoms with van der Waals surface area (Å²) >= 11 is 0. The Bertz CT molecular complexity index is 535. The highest BCUT2D eigenvalue weighted by molar-refractivity contribution is 6.17. The molecule has 0 bridgehead atoms. The fourth-order valence-corrected chi connectivity index (χ4v) is 1.48. The number of carbonyl (C=O) groups is 3. The van der Waals surface area contributed by atoms with Crippen molar-refractivity contribution in [2.75, 3.05) is 7.11 Å². The molecule has 0 aliphatic rings. The largest absolute Gasteiger partial charge is 0.497 e. The van der Waals surface area contributed by atoms with Gasteiger partial charge in [0.25, 0.3) is 5.60 Å². The molecule has 8 nitrogen and oxygen atoms in total. The standard InChI is InChI=1S/C12H12O8/c1-20-7-4-2-6(3-5-7)8(13)12(19,11(17)18)9(14)10(15)16/h2-5,9,14,19H,1H3,(H,15,16)(H,17,18)/t9-,12-/m1/s1. The Morgan fingerprint density at radius 1 is 1.15 bits per heavy atom. The van der Waals surface area contributed by atoms with E-state index in [0.717, 1.165) is 12.1 Å². The van der Waals surface area contributed by atoms with Crippen molar-refractivity contribution in [2.24, 2.45) is 0 Å². The number of aliphatic hydroxyl groups is 2. The van der Waals surface area contributed by atoms with Gasteiger partial charge in [-0.3, -0.25) is 4.79 Å². The average molecular weight is 284 g/mol. The molecule has 0 radical (unpaired) electrons. The minimum Gasteiger partial charge on any atom is -0.497 e. The Kier molecular flexibility index (Phi) is 4.43. The minimum absolute atomic E-state index is 0.281. The van der Waals surface area contributed by atoms with Crippen LogP contribution in [-0.2, 0) is 9.59 Å². The number of aliphatic hydroxyl groups excluding tert-OH is 1. The van der Waals surface area contributed by atoms with E-state index in [2.05, 4.69) is 0 Å². The quantitative estimate of drug-likeness (QED) is 0.390. The second-order valence-electron chi connectivity index (χ2n) is 3.87. The van der Waals surface area contributed by atoms with Crippen LogP contribution in [0.3, 0.4) is 0 Å². The number of methoxy groups -OCH3 is 1. The molecule has 0 aliphatic heterocycles. The molecule has 0 saturated heterocycles. The van der Waals surface area contributed by atoms with Gasteiger partial charge in [0.1, 0.15) is 5.75 Å².